The van der Waals surface area contributed by atoms with Gasteiger partial charge in [-0.1, -0.05) is 19.0 Å². The Hall–Kier alpha value is -1.15. The number of rotatable bonds is 2. The molecule has 0 saturated heterocycles. The Morgan fingerprint density at radius 2 is 2.20 bits per heavy atom. The van der Waals surface area contributed by atoms with E-state index < -0.39 is 5.54 Å². The molecule has 4 nitrogen and oxygen atoms in total. The van der Waals surface area contributed by atoms with Gasteiger partial charge in [0.15, 0.2) is 0 Å². The van der Waals surface area contributed by atoms with Crippen LogP contribution in [-0.4, -0.2) is 5.54 Å². The van der Waals surface area contributed by atoms with E-state index in [4.69, 9.17) is 11.3 Å². The molecule has 0 aromatic heterocycles. The van der Waals surface area contributed by atoms with E-state index >= 15 is 0 Å². The first-order chi connectivity index (χ1) is 4.54. The Morgan fingerprint density at radius 1 is 1.70 bits per heavy atom. The summed E-state index contributed by atoms with van der Waals surface area (Å²) in [5, 5.41) is 3.56. The molecular weight excluding hydrogens is 128 g/mol. The van der Waals surface area contributed by atoms with E-state index in [1.807, 2.05) is 20.8 Å². The summed E-state index contributed by atoms with van der Waals surface area (Å²) in [7, 11) is 0. The molecule has 0 aliphatic rings. The highest BCUT2D eigenvalue weighted by molar-refractivity contribution is 5.13. The Kier molecular flexibility index (Phi) is 2.77. The van der Waals surface area contributed by atoms with Crippen LogP contribution in [0.4, 0.5) is 0 Å². The minimum Gasteiger partial charge on any atom is -0.405 e. The largest absolute Gasteiger partial charge is 0.405 e. The van der Waals surface area contributed by atoms with E-state index in [0.29, 0.717) is 0 Å². The molecule has 0 spiro atoms. The molecule has 0 aliphatic carbocycles. The second-order valence-electron chi connectivity index (χ2n) is 2.60. The zero-order valence-corrected chi connectivity index (χ0v) is 6.50. The first kappa shape index (κ1) is 8.85. The van der Waals surface area contributed by atoms with Crippen LogP contribution in [0.3, 0.4) is 0 Å². The molecule has 0 rings (SSSR count). The van der Waals surface area contributed by atoms with Crippen molar-refractivity contribution in [2.45, 2.75) is 26.3 Å². The van der Waals surface area contributed by atoms with Crippen LogP contribution < -0.4 is 5.73 Å². The minimum absolute atomic E-state index is 0.497. The molecule has 0 bridgehead atoms. The molecule has 0 atom stereocenters. The van der Waals surface area contributed by atoms with Crippen molar-refractivity contribution < 1.29 is 0 Å². The van der Waals surface area contributed by atoms with Gasteiger partial charge in [0.1, 0.15) is 0 Å². The Morgan fingerprint density at radius 3 is 2.50 bits per heavy atom. The van der Waals surface area contributed by atoms with Crippen LogP contribution in [0.25, 0.3) is 10.4 Å². The number of nitrogens with two attached hydrogens (primary N) is 1. The Labute approximate surface area is 60.3 Å². The summed E-state index contributed by atoms with van der Waals surface area (Å²) in [6, 6.07) is 0. The lowest BCUT2D eigenvalue weighted by Gasteiger charge is -2.17. The van der Waals surface area contributed by atoms with E-state index in [1.165, 1.54) is 6.20 Å². The Bertz CT molecular complexity index is 186. The summed E-state index contributed by atoms with van der Waals surface area (Å²) in [6.07, 6.45) is 1.45. The summed E-state index contributed by atoms with van der Waals surface area (Å²) < 4.78 is 0. The first-order valence-corrected chi connectivity index (χ1v) is 3.00. The maximum absolute atomic E-state index is 8.14. The predicted octanol–water partition coefficient (Wildman–Crippen LogP) is 1.94. The number of hydrogen-bond donors (Lipinski definition) is 1. The topological polar surface area (TPSA) is 74.8 Å². The van der Waals surface area contributed by atoms with Crippen LogP contribution in [0.5, 0.6) is 0 Å². The van der Waals surface area contributed by atoms with Gasteiger partial charge < -0.3 is 5.73 Å². The third-order valence-corrected chi connectivity index (χ3v) is 1.51. The Balaban J connectivity index is 4.55. The van der Waals surface area contributed by atoms with Gasteiger partial charge in [0.2, 0.25) is 0 Å². The number of azide groups is 1. The molecule has 4 heteroatoms. The third-order valence-electron chi connectivity index (χ3n) is 1.51. The van der Waals surface area contributed by atoms with E-state index in [-0.39, 0.29) is 0 Å². The summed E-state index contributed by atoms with van der Waals surface area (Å²) in [5.41, 5.74) is 13.7. The first-order valence-electron chi connectivity index (χ1n) is 3.00. The van der Waals surface area contributed by atoms with E-state index in [2.05, 4.69) is 10.0 Å². The van der Waals surface area contributed by atoms with Crippen molar-refractivity contribution in [3.8, 4) is 0 Å². The van der Waals surface area contributed by atoms with Crippen molar-refractivity contribution in [1.82, 2.24) is 0 Å². The standard InChI is InChI=1S/C6H12N4/c1-5(4-7)6(2,3)9-10-8/h4H,7H2,1-3H3/b5-4+. The zero-order chi connectivity index (χ0) is 8.20. The second kappa shape index (κ2) is 3.13. The van der Waals surface area contributed by atoms with E-state index in [1.54, 1.807) is 0 Å². The fourth-order valence-electron chi connectivity index (χ4n) is 0.395. The van der Waals surface area contributed by atoms with Crippen molar-refractivity contribution in [3.63, 3.8) is 0 Å². The minimum atomic E-state index is -0.497. The smallest absolute Gasteiger partial charge is 0.0655 e. The molecule has 10 heavy (non-hydrogen) atoms. The van der Waals surface area contributed by atoms with Crippen LogP contribution in [0.1, 0.15) is 20.8 Å². The zero-order valence-electron chi connectivity index (χ0n) is 6.50. The molecule has 0 amide bonds. The highest BCUT2D eigenvalue weighted by Gasteiger charge is 2.16. The van der Waals surface area contributed by atoms with Crippen LogP contribution >= 0.6 is 0 Å². The molecule has 56 valence electrons. The van der Waals surface area contributed by atoms with Gasteiger partial charge in [-0.15, -0.1) is 0 Å². The quantitative estimate of drug-likeness (QED) is 0.355. The molecule has 0 fully saturated rings. The molecule has 0 aromatic carbocycles. The van der Waals surface area contributed by atoms with Gasteiger partial charge in [-0.2, -0.15) is 0 Å². The molecule has 0 aliphatic heterocycles. The predicted molar refractivity (Wildman–Crippen MR) is 41.2 cm³/mol. The third kappa shape index (κ3) is 1.99. The van der Waals surface area contributed by atoms with Crippen molar-refractivity contribution in [2.75, 3.05) is 0 Å². The van der Waals surface area contributed by atoms with Gasteiger partial charge in [0, 0.05) is 4.91 Å². The monoisotopic (exact) mass is 140 g/mol. The fourth-order valence-corrected chi connectivity index (χ4v) is 0.395. The highest BCUT2D eigenvalue weighted by atomic mass is 15.2. The molecular formula is C6H12N4. The maximum atomic E-state index is 8.14. The number of hydrogen-bond acceptors (Lipinski definition) is 2. The van der Waals surface area contributed by atoms with Crippen molar-refractivity contribution >= 4 is 0 Å². The fraction of sp³-hybridized carbons (Fsp3) is 0.667. The molecule has 0 unspecified atom stereocenters. The summed E-state index contributed by atoms with van der Waals surface area (Å²) in [4.78, 5) is 2.70. The van der Waals surface area contributed by atoms with Crippen molar-refractivity contribution in [2.24, 2.45) is 10.8 Å². The lowest BCUT2D eigenvalue weighted by atomic mass is 9.98. The van der Waals surface area contributed by atoms with Crippen molar-refractivity contribution in [3.05, 3.63) is 22.2 Å². The van der Waals surface area contributed by atoms with E-state index in [0.717, 1.165) is 5.57 Å². The number of nitrogens with zero attached hydrogens (tertiary/aromatic N) is 3. The van der Waals surface area contributed by atoms with E-state index in [9.17, 15) is 0 Å². The van der Waals surface area contributed by atoms with Crippen LogP contribution in [0.2, 0.25) is 0 Å². The van der Waals surface area contributed by atoms with Gasteiger partial charge in [-0.05, 0) is 24.2 Å². The molecule has 2 N–H and O–H groups in total. The lowest BCUT2D eigenvalue weighted by Crippen LogP contribution is -2.17. The average molecular weight is 140 g/mol. The molecule has 0 saturated carbocycles. The molecule has 0 heterocycles. The molecule has 0 radical (unpaired) electrons. The van der Waals surface area contributed by atoms with Crippen molar-refractivity contribution in [1.29, 1.82) is 0 Å². The summed E-state index contributed by atoms with van der Waals surface area (Å²) in [6.45, 7) is 5.45. The lowest BCUT2D eigenvalue weighted by molar-refractivity contribution is 0.605. The van der Waals surface area contributed by atoms with Gasteiger partial charge >= 0.3 is 0 Å². The van der Waals surface area contributed by atoms with Gasteiger partial charge in [0.25, 0.3) is 0 Å². The summed E-state index contributed by atoms with van der Waals surface area (Å²) >= 11 is 0. The van der Waals surface area contributed by atoms with Crippen LogP contribution in [0.15, 0.2) is 16.9 Å². The normalized spacial score (nSPS) is 12.5. The SMILES string of the molecule is C/C(=C\N)C(C)(C)N=[N+]=[N-]. The second-order valence-corrected chi connectivity index (χ2v) is 2.60. The molecule has 0 aromatic rings. The maximum Gasteiger partial charge on any atom is 0.0655 e. The van der Waals surface area contributed by atoms with Crippen LogP contribution in [0, 0.1) is 0 Å². The van der Waals surface area contributed by atoms with Gasteiger partial charge in [-0.25, -0.2) is 0 Å². The van der Waals surface area contributed by atoms with Gasteiger partial charge in [0.05, 0.1) is 5.54 Å². The highest BCUT2D eigenvalue weighted by Crippen LogP contribution is 2.18. The average Bonchev–Trinajstić information content (AvgIpc) is 1.86. The summed E-state index contributed by atoms with van der Waals surface area (Å²) in [5.74, 6) is 0. The van der Waals surface area contributed by atoms with Gasteiger partial charge in [-0.3, -0.25) is 0 Å². The van der Waals surface area contributed by atoms with Crippen LogP contribution in [-0.2, 0) is 0 Å².